The molecule has 2 amide bonds. The monoisotopic (exact) mass is 258 g/mol. The van der Waals surface area contributed by atoms with E-state index in [4.69, 9.17) is 5.11 Å². The molecule has 17 heavy (non-hydrogen) atoms. The quantitative estimate of drug-likeness (QED) is 0.742. The van der Waals surface area contributed by atoms with E-state index in [1.807, 2.05) is 11.8 Å². The summed E-state index contributed by atoms with van der Waals surface area (Å²) in [7, 11) is 0. The van der Waals surface area contributed by atoms with Crippen LogP contribution in [-0.4, -0.2) is 52.1 Å². The van der Waals surface area contributed by atoms with E-state index in [0.717, 1.165) is 5.75 Å². The molecule has 1 heterocycles. The van der Waals surface area contributed by atoms with Gasteiger partial charge in [-0.15, -0.1) is 6.58 Å². The molecule has 96 valence electrons. The number of carbonyl (C=O) groups is 2. The van der Waals surface area contributed by atoms with E-state index in [0.29, 0.717) is 18.3 Å². The molecular formula is C11H18N2O3S. The number of carboxylic acid groups (broad SMARTS) is 1. The number of hydrogen-bond donors (Lipinski definition) is 2. The number of aliphatic carboxylic acids is 1. The zero-order valence-electron chi connectivity index (χ0n) is 9.89. The summed E-state index contributed by atoms with van der Waals surface area (Å²) in [5.41, 5.74) is 0. The van der Waals surface area contributed by atoms with Crippen molar-refractivity contribution in [2.75, 3.05) is 18.8 Å². The number of amides is 2. The first-order valence-corrected chi connectivity index (χ1v) is 6.60. The van der Waals surface area contributed by atoms with Gasteiger partial charge in [0.05, 0.1) is 0 Å². The SMILES string of the molecule is C=CCC(NC(=O)N1CCSC(C)C1)C(=O)O. The Bertz CT molecular complexity index is 309. The molecule has 0 bridgehead atoms. The van der Waals surface area contributed by atoms with E-state index in [1.165, 1.54) is 6.08 Å². The summed E-state index contributed by atoms with van der Waals surface area (Å²) < 4.78 is 0. The summed E-state index contributed by atoms with van der Waals surface area (Å²) >= 11 is 1.82. The highest BCUT2D eigenvalue weighted by atomic mass is 32.2. The third kappa shape index (κ3) is 4.30. The van der Waals surface area contributed by atoms with Gasteiger partial charge in [-0.3, -0.25) is 0 Å². The number of urea groups is 1. The maximum Gasteiger partial charge on any atom is 0.326 e. The number of rotatable bonds is 4. The van der Waals surface area contributed by atoms with Crippen molar-refractivity contribution in [3.63, 3.8) is 0 Å². The zero-order valence-corrected chi connectivity index (χ0v) is 10.7. The number of nitrogens with one attached hydrogen (secondary N) is 1. The second kappa shape index (κ2) is 6.54. The molecule has 0 aromatic heterocycles. The van der Waals surface area contributed by atoms with Crippen molar-refractivity contribution in [1.29, 1.82) is 0 Å². The molecule has 0 saturated carbocycles. The summed E-state index contributed by atoms with van der Waals surface area (Å²) in [5.74, 6) is -0.133. The Kier molecular flexibility index (Phi) is 5.34. The maximum absolute atomic E-state index is 11.8. The van der Waals surface area contributed by atoms with Crippen LogP contribution in [-0.2, 0) is 4.79 Å². The minimum atomic E-state index is -1.03. The molecule has 2 atom stereocenters. The summed E-state index contributed by atoms with van der Waals surface area (Å²) in [4.78, 5) is 24.4. The summed E-state index contributed by atoms with van der Waals surface area (Å²) in [6.07, 6.45) is 1.73. The molecule has 2 N–H and O–H groups in total. The molecule has 0 radical (unpaired) electrons. The van der Waals surface area contributed by atoms with E-state index in [9.17, 15) is 9.59 Å². The minimum absolute atomic E-state index is 0.235. The molecule has 0 aromatic carbocycles. The van der Waals surface area contributed by atoms with Crippen LogP contribution in [0.5, 0.6) is 0 Å². The van der Waals surface area contributed by atoms with Gasteiger partial charge in [0.1, 0.15) is 6.04 Å². The van der Waals surface area contributed by atoms with Crippen LogP contribution >= 0.6 is 11.8 Å². The standard InChI is InChI=1S/C11H18N2O3S/c1-3-4-9(10(14)15)12-11(16)13-5-6-17-8(2)7-13/h3,8-9H,1,4-7H2,2H3,(H,12,16)(H,14,15). The van der Waals surface area contributed by atoms with E-state index in [2.05, 4.69) is 18.8 Å². The average Bonchev–Trinajstić information content (AvgIpc) is 2.28. The molecule has 1 fully saturated rings. The average molecular weight is 258 g/mol. The molecule has 2 unspecified atom stereocenters. The highest BCUT2D eigenvalue weighted by molar-refractivity contribution is 7.99. The lowest BCUT2D eigenvalue weighted by Gasteiger charge is -2.31. The van der Waals surface area contributed by atoms with E-state index in [1.54, 1.807) is 4.90 Å². The normalized spacial score (nSPS) is 21.7. The molecule has 0 spiro atoms. The number of thioether (sulfide) groups is 1. The Labute approximate surface area is 105 Å². The fourth-order valence-electron chi connectivity index (χ4n) is 1.63. The van der Waals surface area contributed by atoms with Crippen molar-refractivity contribution in [3.8, 4) is 0 Å². The number of carbonyl (C=O) groups excluding carboxylic acids is 1. The first kappa shape index (κ1) is 13.9. The Morgan fingerprint density at radius 3 is 2.94 bits per heavy atom. The molecule has 6 heteroatoms. The van der Waals surface area contributed by atoms with Gasteiger partial charge in [0.2, 0.25) is 0 Å². The van der Waals surface area contributed by atoms with Gasteiger partial charge in [0.25, 0.3) is 0 Å². The molecule has 1 rings (SSSR count). The lowest BCUT2D eigenvalue weighted by molar-refractivity contribution is -0.139. The predicted octanol–water partition coefficient (Wildman–Crippen LogP) is 1.16. The molecule has 1 saturated heterocycles. The van der Waals surface area contributed by atoms with Crippen LogP contribution in [0.3, 0.4) is 0 Å². The van der Waals surface area contributed by atoms with Crippen molar-refractivity contribution >= 4 is 23.8 Å². The van der Waals surface area contributed by atoms with Crippen LogP contribution in [0.25, 0.3) is 0 Å². The smallest absolute Gasteiger partial charge is 0.326 e. The lowest BCUT2D eigenvalue weighted by Crippen LogP contribution is -2.51. The highest BCUT2D eigenvalue weighted by Gasteiger charge is 2.25. The molecule has 0 aliphatic carbocycles. The fourth-order valence-corrected chi connectivity index (χ4v) is 2.64. The van der Waals surface area contributed by atoms with Gasteiger partial charge in [0, 0.05) is 24.1 Å². The van der Waals surface area contributed by atoms with Gasteiger partial charge in [0.15, 0.2) is 0 Å². The minimum Gasteiger partial charge on any atom is -0.480 e. The van der Waals surface area contributed by atoms with Gasteiger partial charge < -0.3 is 15.3 Å². The largest absolute Gasteiger partial charge is 0.480 e. The summed E-state index contributed by atoms with van der Waals surface area (Å²) in [6, 6.07) is -1.18. The van der Waals surface area contributed by atoms with Gasteiger partial charge >= 0.3 is 12.0 Å². The van der Waals surface area contributed by atoms with Crippen molar-refractivity contribution in [2.45, 2.75) is 24.6 Å². The van der Waals surface area contributed by atoms with Crippen molar-refractivity contribution < 1.29 is 14.7 Å². The van der Waals surface area contributed by atoms with Crippen molar-refractivity contribution in [3.05, 3.63) is 12.7 Å². The van der Waals surface area contributed by atoms with Crippen LogP contribution in [0.4, 0.5) is 4.79 Å². The third-order valence-corrected chi connectivity index (χ3v) is 3.66. The molecule has 5 nitrogen and oxygen atoms in total. The van der Waals surface area contributed by atoms with Gasteiger partial charge in [-0.05, 0) is 6.42 Å². The van der Waals surface area contributed by atoms with E-state index >= 15 is 0 Å². The fraction of sp³-hybridized carbons (Fsp3) is 0.636. The van der Waals surface area contributed by atoms with Gasteiger partial charge in [-0.1, -0.05) is 13.0 Å². The predicted molar refractivity (Wildman–Crippen MR) is 68.3 cm³/mol. The Balaban J connectivity index is 2.51. The first-order chi connectivity index (χ1) is 8.04. The maximum atomic E-state index is 11.8. The summed E-state index contributed by atoms with van der Waals surface area (Å²) in [5, 5.41) is 11.8. The van der Waals surface area contributed by atoms with Gasteiger partial charge in [-0.25, -0.2) is 9.59 Å². The van der Waals surface area contributed by atoms with Gasteiger partial charge in [-0.2, -0.15) is 11.8 Å². The van der Waals surface area contributed by atoms with E-state index in [-0.39, 0.29) is 12.5 Å². The Morgan fingerprint density at radius 2 is 2.41 bits per heavy atom. The Hall–Kier alpha value is -1.17. The summed E-state index contributed by atoms with van der Waals surface area (Å²) in [6.45, 7) is 6.87. The highest BCUT2D eigenvalue weighted by Crippen LogP contribution is 2.17. The molecule has 1 aliphatic heterocycles. The van der Waals surface area contributed by atoms with Crippen LogP contribution in [0.2, 0.25) is 0 Å². The second-order valence-electron chi connectivity index (χ2n) is 3.99. The van der Waals surface area contributed by atoms with Crippen LogP contribution < -0.4 is 5.32 Å². The molecule has 0 aromatic rings. The van der Waals surface area contributed by atoms with Crippen LogP contribution in [0.1, 0.15) is 13.3 Å². The van der Waals surface area contributed by atoms with Crippen molar-refractivity contribution in [2.24, 2.45) is 0 Å². The zero-order chi connectivity index (χ0) is 12.8. The number of hydrogen-bond acceptors (Lipinski definition) is 3. The van der Waals surface area contributed by atoms with Crippen LogP contribution in [0.15, 0.2) is 12.7 Å². The number of nitrogens with zero attached hydrogens (tertiary/aromatic N) is 1. The first-order valence-electron chi connectivity index (χ1n) is 5.55. The van der Waals surface area contributed by atoms with E-state index < -0.39 is 12.0 Å². The van der Waals surface area contributed by atoms with Crippen LogP contribution in [0, 0.1) is 0 Å². The Morgan fingerprint density at radius 1 is 1.71 bits per heavy atom. The molecule has 1 aliphatic rings. The topological polar surface area (TPSA) is 69.6 Å². The third-order valence-electron chi connectivity index (χ3n) is 2.53. The second-order valence-corrected chi connectivity index (χ2v) is 5.54. The van der Waals surface area contributed by atoms with Crippen molar-refractivity contribution in [1.82, 2.24) is 10.2 Å². The number of carboxylic acids is 1. The lowest BCUT2D eigenvalue weighted by atomic mass is 10.2. The molecular weight excluding hydrogens is 240 g/mol.